The zero-order valence-electron chi connectivity index (χ0n) is 15.0. The number of nitrogens with zero attached hydrogens (tertiary/aromatic N) is 2. The lowest BCUT2D eigenvalue weighted by atomic mass is 10.2. The Bertz CT molecular complexity index is 1140. The van der Waals surface area contributed by atoms with E-state index in [4.69, 9.17) is 0 Å². The van der Waals surface area contributed by atoms with Crippen molar-refractivity contribution in [2.24, 2.45) is 0 Å². The average Bonchev–Trinajstić information content (AvgIpc) is 3.45. The smallest absolute Gasteiger partial charge is 0.337 e. The number of rotatable bonds is 6. The Balaban J connectivity index is 1.66. The van der Waals surface area contributed by atoms with E-state index in [9.17, 15) is 13.2 Å². The summed E-state index contributed by atoms with van der Waals surface area (Å²) in [4.78, 5) is 16.1. The molecular weight excluding hydrogens is 380 g/mol. The van der Waals surface area contributed by atoms with E-state index in [0.29, 0.717) is 23.0 Å². The summed E-state index contributed by atoms with van der Waals surface area (Å²) < 4.78 is 32.9. The number of nitrogens with one attached hydrogen (secondary N) is 2. The SMILES string of the molecule is COC(=O)c1cccc(S(=O)(=O)Nc2ccccc2-c2n[nH]c(C3CC3)n2)c1. The fourth-order valence-corrected chi connectivity index (χ4v) is 3.94. The van der Waals surface area contributed by atoms with Crippen molar-refractivity contribution >= 4 is 21.7 Å². The number of sulfonamides is 1. The zero-order chi connectivity index (χ0) is 19.7. The molecule has 8 nitrogen and oxygen atoms in total. The summed E-state index contributed by atoms with van der Waals surface area (Å²) in [5.74, 6) is 1.05. The van der Waals surface area contributed by atoms with E-state index in [1.165, 1.54) is 31.4 Å². The molecule has 0 saturated heterocycles. The highest BCUT2D eigenvalue weighted by Crippen LogP contribution is 2.39. The number of ether oxygens (including phenoxy) is 1. The van der Waals surface area contributed by atoms with Crippen molar-refractivity contribution in [3.05, 3.63) is 59.9 Å². The van der Waals surface area contributed by atoms with Gasteiger partial charge in [-0.05, 0) is 43.2 Å². The molecule has 1 fully saturated rings. The van der Waals surface area contributed by atoms with E-state index in [1.54, 1.807) is 24.3 Å². The largest absolute Gasteiger partial charge is 0.465 e. The number of hydrogen-bond acceptors (Lipinski definition) is 6. The molecule has 0 bridgehead atoms. The van der Waals surface area contributed by atoms with Gasteiger partial charge in [0.25, 0.3) is 10.0 Å². The van der Waals surface area contributed by atoms with Gasteiger partial charge in [-0.2, -0.15) is 5.10 Å². The summed E-state index contributed by atoms with van der Waals surface area (Å²) in [6, 6.07) is 12.6. The second kappa shape index (κ2) is 7.08. The molecule has 0 unspecified atom stereocenters. The van der Waals surface area contributed by atoms with E-state index in [1.807, 2.05) is 0 Å². The van der Waals surface area contributed by atoms with Gasteiger partial charge in [0.2, 0.25) is 0 Å². The number of aromatic amines is 1. The van der Waals surface area contributed by atoms with Crippen LogP contribution in [0.4, 0.5) is 5.69 Å². The molecule has 1 heterocycles. The molecule has 1 saturated carbocycles. The molecule has 144 valence electrons. The van der Waals surface area contributed by atoms with E-state index >= 15 is 0 Å². The van der Waals surface area contributed by atoms with Crippen molar-refractivity contribution in [3.8, 4) is 11.4 Å². The van der Waals surface area contributed by atoms with Crippen LogP contribution in [0.3, 0.4) is 0 Å². The van der Waals surface area contributed by atoms with Crippen molar-refractivity contribution < 1.29 is 17.9 Å². The Kier molecular flexibility index (Phi) is 4.60. The topological polar surface area (TPSA) is 114 Å². The maximum atomic E-state index is 12.9. The minimum Gasteiger partial charge on any atom is -0.465 e. The fourth-order valence-electron chi connectivity index (χ4n) is 2.81. The summed E-state index contributed by atoms with van der Waals surface area (Å²) in [6.07, 6.45) is 2.17. The Morgan fingerprint density at radius 2 is 1.96 bits per heavy atom. The Morgan fingerprint density at radius 1 is 1.18 bits per heavy atom. The molecule has 2 N–H and O–H groups in total. The van der Waals surface area contributed by atoms with E-state index in [-0.39, 0.29) is 10.5 Å². The predicted molar refractivity (Wildman–Crippen MR) is 102 cm³/mol. The van der Waals surface area contributed by atoms with Crippen molar-refractivity contribution in [1.29, 1.82) is 0 Å². The number of aromatic nitrogens is 3. The number of anilines is 1. The summed E-state index contributed by atoms with van der Waals surface area (Å²) in [5, 5.41) is 7.15. The first-order chi connectivity index (χ1) is 13.5. The number of carbonyl (C=O) groups is 1. The molecule has 0 amide bonds. The van der Waals surface area contributed by atoms with E-state index in [2.05, 4.69) is 24.6 Å². The third kappa shape index (κ3) is 3.61. The minimum atomic E-state index is -3.93. The maximum absolute atomic E-state index is 12.9. The van der Waals surface area contributed by atoms with Gasteiger partial charge in [-0.1, -0.05) is 18.2 Å². The lowest BCUT2D eigenvalue weighted by Gasteiger charge is -2.11. The van der Waals surface area contributed by atoms with Crippen LogP contribution in [0.1, 0.15) is 34.9 Å². The molecule has 1 aromatic heterocycles. The van der Waals surface area contributed by atoms with Crippen LogP contribution in [0.2, 0.25) is 0 Å². The summed E-state index contributed by atoms with van der Waals surface area (Å²) >= 11 is 0. The first-order valence-corrected chi connectivity index (χ1v) is 10.2. The number of benzene rings is 2. The van der Waals surface area contributed by atoms with Gasteiger partial charge < -0.3 is 4.74 Å². The number of H-pyrrole nitrogens is 1. The maximum Gasteiger partial charge on any atom is 0.337 e. The summed E-state index contributed by atoms with van der Waals surface area (Å²) in [6.45, 7) is 0. The molecule has 28 heavy (non-hydrogen) atoms. The van der Waals surface area contributed by atoms with Gasteiger partial charge in [0.15, 0.2) is 5.82 Å². The van der Waals surface area contributed by atoms with Gasteiger partial charge in [-0.15, -0.1) is 0 Å². The van der Waals surface area contributed by atoms with Gasteiger partial charge in [0.05, 0.1) is 23.3 Å². The van der Waals surface area contributed by atoms with Crippen molar-refractivity contribution in [1.82, 2.24) is 15.2 Å². The molecule has 0 aliphatic heterocycles. The van der Waals surface area contributed by atoms with E-state index in [0.717, 1.165) is 18.7 Å². The van der Waals surface area contributed by atoms with Gasteiger partial charge >= 0.3 is 5.97 Å². The highest BCUT2D eigenvalue weighted by molar-refractivity contribution is 7.92. The standard InChI is InChI=1S/C19H18N4O4S/c1-27-19(24)13-5-4-6-14(11-13)28(25,26)23-16-8-3-2-7-15(16)18-20-17(21-22-18)12-9-10-12/h2-8,11-12,23H,9-10H2,1H3,(H,20,21,22). The normalized spacial score (nSPS) is 13.9. The van der Waals surface area contributed by atoms with Crippen LogP contribution in [0, 0.1) is 0 Å². The van der Waals surface area contributed by atoms with Crippen LogP contribution in [-0.2, 0) is 14.8 Å². The minimum absolute atomic E-state index is 0.0427. The van der Waals surface area contributed by atoms with Gasteiger partial charge in [0.1, 0.15) is 5.82 Å². The van der Waals surface area contributed by atoms with Crippen LogP contribution in [0.5, 0.6) is 0 Å². The number of esters is 1. The molecule has 0 atom stereocenters. The third-order valence-electron chi connectivity index (χ3n) is 4.44. The summed E-state index contributed by atoms with van der Waals surface area (Å²) in [5.41, 5.74) is 1.08. The van der Waals surface area contributed by atoms with Crippen molar-refractivity contribution in [2.45, 2.75) is 23.7 Å². The van der Waals surface area contributed by atoms with Gasteiger partial charge in [-0.3, -0.25) is 9.82 Å². The lowest BCUT2D eigenvalue weighted by Crippen LogP contribution is -2.14. The second-order valence-corrected chi connectivity index (χ2v) is 8.17. The molecule has 4 rings (SSSR count). The van der Waals surface area contributed by atoms with Crippen LogP contribution >= 0.6 is 0 Å². The third-order valence-corrected chi connectivity index (χ3v) is 5.81. The second-order valence-electron chi connectivity index (χ2n) is 6.49. The van der Waals surface area contributed by atoms with Crippen LogP contribution in [0.25, 0.3) is 11.4 Å². The first-order valence-electron chi connectivity index (χ1n) is 8.71. The zero-order valence-corrected chi connectivity index (χ0v) is 15.9. The Labute approximate surface area is 162 Å². The molecule has 1 aliphatic carbocycles. The number of methoxy groups -OCH3 is 1. The highest BCUT2D eigenvalue weighted by atomic mass is 32.2. The first kappa shape index (κ1) is 18.2. The van der Waals surface area contributed by atoms with E-state index < -0.39 is 16.0 Å². The number of para-hydroxylation sites is 1. The molecule has 1 aliphatic rings. The molecule has 9 heteroatoms. The number of carbonyl (C=O) groups excluding carboxylic acids is 1. The highest BCUT2D eigenvalue weighted by Gasteiger charge is 2.28. The van der Waals surface area contributed by atoms with Crippen molar-refractivity contribution in [3.63, 3.8) is 0 Å². The molecule has 3 aromatic rings. The molecule has 0 spiro atoms. The summed E-state index contributed by atoms with van der Waals surface area (Å²) in [7, 11) is -2.69. The molecular formula is C19H18N4O4S. The van der Waals surface area contributed by atoms with Crippen LogP contribution < -0.4 is 4.72 Å². The van der Waals surface area contributed by atoms with Crippen LogP contribution in [-0.4, -0.2) is 36.7 Å². The van der Waals surface area contributed by atoms with Gasteiger partial charge in [0, 0.05) is 11.5 Å². The van der Waals surface area contributed by atoms with Crippen LogP contribution in [0.15, 0.2) is 53.4 Å². The molecule has 2 aromatic carbocycles. The van der Waals surface area contributed by atoms with Crippen molar-refractivity contribution in [2.75, 3.05) is 11.8 Å². The fraction of sp³-hybridized carbons (Fsp3) is 0.211. The predicted octanol–water partition coefficient (Wildman–Crippen LogP) is 2.94. The average molecular weight is 398 g/mol. The lowest BCUT2D eigenvalue weighted by molar-refractivity contribution is 0.0600. The number of hydrogen-bond donors (Lipinski definition) is 2. The monoisotopic (exact) mass is 398 g/mol. The molecule has 0 radical (unpaired) electrons. The Hall–Kier alpha value is -3.20. The van der Waals surface area contributed by atoms with Gasteiger partial charge in [-0.25, -0.2) is 18.2 Å². The quantitative estimate of drug-likeness (QED) is 0.617. The Morgan fingerprint density at radius 3 is 2.71 bits per heavy atom.